The van der Waals surface area contributed by atoms with E-state index in [1.54, 1.807) is 0 Å². The standard InChI is InChI=1S/C24H42N4O3/c1-5-25-24(26-12-11-22(20(3)4)30-6-2)27-19-21-9-7-8-10-23(21)31-18-15-28-13-16-29-17-14-28/h7-10,20,22H,5-6,11-19H2,1-4H3,(H2,25,26,27). The number of ether oxygens (including phenoxy) is 3. The number of hydrogen-bond donors (Lipinski definition) is 2. The minimum absolute atomic E-state index is 0.265. The number of nitrogens with one attached hydrogen (secondary N) is 2. The van der Waals surface area contributed by atoms with E-state index >= 15 is 0 Å². The van der Waals surface area contributed by atoms with Crippen LogP contribution < -0.4 is 15.4 Å². The van der Waals surface area contributed by atoms with E-state index in [-0.39, 0.29) is 6.10 Å². The van der Waals surface area contributed by atoms with Crippen LogP contribution in [0.5, 0.6) is 5.75 Å². The lowest BCUT2D eigenvalue weighted by Crippen LogP contribution is -2.39. The number of hydrogen-bond acceptors (Lipinski definition) is 5. The first kappa shape index (κ1) is 25.4. The van der Waals surface area contributed by atoms with Crippen LogP contribution in [0.1, 0.15) is 39.7 Å². The molecule has 0 spiro atoms. The Hall–Kier alpha value is -1.83. The fraction of sp³-hybridized carbons (Fsp3) is 0.708. The van der Waals surface area contributed by atoms with Crippen molar-refractivity contribution in [3.8, 4) is 5.75 Å². The van der Waals surface area contributed by atoms with Crippen molar-refractivity contribution >= 4 is 5.96 Å². The van der Waals surface area contributed by atoms with E-state index in [0.29, 0.717) is 19.1 Å². The van der Waals surface area contributed by atoms with Crippen molar-refractivity contribution in [3.63, 3.8) is 0 Å². The summed E-state index contributed by atoms with van der Waals surface area (Å²) in [5.74, 6) is 2.24. The summed E-state index contributed by atoms with van der Waals surface area (Å²) in [5, 5.41) is 6.77. The Morgan fingerprint density at radius 2 is 1.94 bits per heavy atom. The summed E-state index contributed by atoms with van der Waals surface area (Å²) in [7, 11) is 0. The molecule has 1 aliphatic heterocycles. The molecule has 2 rings (SSSR count). The highest BCUT2D eigenvalue weighted by Crippen LogP contribution is 2.19. The number of aliphatic imine (C=N–C) groups is 1. The van der Waals surface area contributed by atoms with Gasteiger partial charge in [0.1, 0.15) is 12.4 Å². The van der Waals surface area contributed by atoms with Crippen molar-refractivity contribution in [2.24, 2.45) is 10.9 Å². The fourth-order valence-corrected chi connectivity index (χ4v) is 3.55. The van der Waals surface area contributed by atoms with Gasteiger partial charge in [-0.1, -0.05) is 32.0 Å². The molecule has 1 heterocycles. The lowest BCUT2D eigenvalue weighted by Gasteiger charge is -2.26. The van der Waals surface area contributed by atoms with Crippen LogP contribution in [0.4, 0.5) is 0 Å². The van der Waals surface area contributed by atoms with E-state index in [0.717, 1.165) is 76.2 Å². The average Bonchev–Trinajstić information content (AvgIpc) is 2.78. The SMILES string of the molecule is CCNC(=NCc1ccccc1OCCN1CCOCC1)NCCC(OCC)C(C)C. The number of rotatable bonds is 13. The van der Waals surface area contributed by atoms with Gasteiger partial charge in [-0.2, -0.15) is 0 Å². The van der Waals surface area contributed by atoms with Gasteiger partial charge in [0, 0.05) is 44.9 Å². The van der Waals surface area contributed by atoms with Crippen LogP contribution in [0.3, 0.4) is 0 Å². The van der Waals surface area contributed by atoms with Crippen LogP contribution in [0, 0.1) is 5.92 Å². The third-order valence-electron chi connectivity index (χ3n) is 5.34. The van der Waals surface area contributed by atoms with Crippen LogP contribution in [-0.2, 0) is 16.0 Å². The van der Waals surface area contributed by atoms with E-state index < -0.39 is 0 Å². The number of nitrogens with zero attached hydrogens (tertiary/aromatic N) is 2. The molecule has 1 unspecified atom stereocenters. The quantitative estimate of drug-likeness (QED) is 0.368. The Morgan fingerprint density at radius 1 is 1.16 bits per heavy atom. The Labute approximate surface area is 188 Å². The minimum atomic E-state index is 0.265. The molecule has 0 amide bonds. The molecule has 7 nitrogen and oxygen atoms in total. The van der Waals surface area contributed by atoms with Crippen molar-refractivity contribution in [2.75, 3.05) is 59.2 Å². The smallest absolute Gasteiger partial charge is 0.191 e. The number of para-hydroxylation sites is 1. The van der Waals surface area contributed by atoms with Gasteiger partial charge in [-0.3, -0.25) is 4.90 Å². The Bertz CT molecular complexity index is 633. The summed E-state index contributed by atoms with van der Waals surface area (Å²) in [6.45, 7) is 16.7. The molecule has 1 atom stereocenters. The number of benzene rings is 1. The van der Waals surface area contributed by atoms with Crippen LogP contribution in [0.25, 0.3) is 0 Å². The molecular formula is C24H42N4O3. The van der Waals surface area contributed by atoms with E-state index in [2.05, 4.69) is 49.3 Å². The Balaban J connectivity index is 1.86. The molecule has 0 aliphatic carbocycles. The molecule has 2 N–H and O–H groups in total. The zero-order valence-corrected chi connectivity index (χ0v) is 19.9. The van der Waals surface area contributed by atoms with Gasteiger partial charge >= 0.3 is 0 Å². The lowest BCUT2D eigenvalue weighted by molar-refractivity contribution is 0.0258. The summed E-state index contributed by atoms with van der Waals surface area (Å²) >= 11 is 0. The van der Waals surface area contributed by atoms with Crippen molar-refractivity contribution in [1.29, 1.82) is 0 Å². The maximum Gasteiger partial charge on any atom is 0.191 e. The summed E-state index contributed by atoms with van der Waals surface area (Å²) in [4.78, 5) is 7.16. The second kappa shape index (κ2) is 15.1. The van der Waals surface area contributed by atoms with Crippen molar-refractivity contribution in [2.45, 2.75) is 46.8 Å². The third-order valence-corrected chi connectivity index (χ3v) is 5.34. The average molecular weight is 435 g/mol. The first-order valence-corrected chi connectivity index (χ1v) is 11.8. The first-order valence-electron chi connectivity index (χ1n) is 11.8. The summed E-state index contributed by atoms with van der Waals surface area (Å²) in [5.41, 5.74) is 1.09. The molecule has 31 heavy (non-hydrogen) atoms. The van der Waals surface area contributed by atoms with Gasteiger partial charge in [0.15, 0.2) is 5.96 Å². The van der Waals surface area contributed by atoms with E-state index in [9.17, 15) is 0 Å². The highest BCUT2D eigenvalue weighted by atomic mass is 16.5. The second-order valence-corrected chi connectivity index (χ2v) is 8.06. The van der Waals surface area contributed by atoms with Crippen molar-refractivity contribution < 1.29 is 14.2 Å². The Kier molecular flexibility index (Phi) is 12.3. The van der Waals surface area contributed by atoms with Gasteiger partial charge in [0.25, 0.3) is 0 Å². The predicted octanol–water partition coefficient (Wildman–Crippen LogP) is 2.90. The molecule has 176 valence electrons. The molecule has 7 heteroatoms. The predicted molar refractivity (Wildman–Crippen MR) is 127 cm³/mol. The number of guanidine groups is 1. The fourth-order valence-electron chi connectivity index (χ4n) is 3.55. The third kappa shape index (κ3) is 9.89. The van der Waals surface area contributed by atoms with Gasteiger partial charge in [-0.05, 0) is 32.3 Å². The monoisotopic (exact) mass is 434 g/mol. The molecule has 0 saturated carbocycles. The molecule has 1 saturated heterocycles. The van der Waals surface area contributed by atoms with E-state index in [4.69, 9.17) is 19.2 Å². The molecular weight excluding hydrogens is 392 g/mol. The van der Waals surface area contributed by atoms with Crippen LogP contribution >= 0.6 is 0 Å². The second-order valence-electron chi connectivity index (χ2n) is 8.06. The molecule has 1 aromatic rings. The van der Waals surface area contributed by atoms with E-state index in [1.165, 1.54) is 0 Å². The normalized spacial score (nSPS) is 16.4. The topological polar surface area (TPSA) is 67.4 Å². The largest absolute Gasteiger partial charge is 0.492 e. The molecule has 0 bridgehead atoms. The minimum Gasteiger partial charge on any atom is -0.492 e. The van der Waals surface area contributed by atoms with Crippen LogP contribution in [0.2, 0.25) is 0 Å². The van der Waals surface area contributed by atoms with Gasteiger partial charge < -0.3 is 24.8 Å². The van der Waals surface area contributed by atoms with E-state index in [1.807, 2.05) is 18.2 Å². The molecule has 0 aromatic heterocycles. The molecule has 0 radical (unpaired) electrons. The zero-order valence-electron chi connectivity index (χ0n) is 19.9. The van der Waals surface area contributed by atoms with Crippen molar-refractivity contribution in [3.05, 3.63) is 29.8 Å². The summed E-state index contributed by atoms with van der Waals surface area (Å²) in [6, 6.07) is 8.16. The maximum atomic E-state index is 6.09. The van der Waals surface area contributed by atoms with Crippen LogP contribution in [0.15, 0.2) is 29.3 Å². The summed E-state index contributed by atoms with van der Waals surface area (Å²) in [6.07, 6.45) is 1.22. The lowest BCUT2D eigenvalue weighted by atomic mass is 10.0. The number of morpholine rings is 1. The highest BCUT2D eigenvalue weighted by Gasteiger charge is 2.13. The van der Waals surface area contributed by atoms with Gasteiger partial charge in [0.2, 0.25) is 0 Å². The molecule has 1 aliphatic rings. The Morgan fingerprint density at radius 3 is 2.65 bits per heavy atom. The summed E-state index contributed by atoms with van der Waals surface area (Å²) < 4.78 is 17.3. The maximum absolute atomic E-state index is 6.09. The van der Waals surface area contributed by atoms with Gasteiger partial charge in [-0.15, -0.1) is 0 Å². The first-order chi connectivity index (χ1) is 15.1. The highest BCUT2D eigenvalue weighted by molar-refractivity contribution is 5.79. The van der Waals surface area contributed by atoms with Gasteiger partial charge in [0.05, 0.1) is 25.9 Å². The molecule has 1 fully saturated rings. The van der Waals surface area contributed by atoms with Gasteiger partial charge in [-0.25, -0.2) is 4.99 Å². The van der Waals surface area contributed by atoms with Crippen molar-refractivity contribution in [1.82, 2.24) is 15.5 Å². The zero-order chi connectivity index (χ0) is 22.3. The van der Waals surface area contributed by atoms with Crippen LogP contribution in [-0.4, -0.2) is 76.1 Å². The molecule has 1 aromatic carbocycles.